The maximum absolute atomic E-state index is 12.0. The molecule has 15 heavy (non-hydrogen) atoms. The van der Waals surface area contributed by atoms with Crippen molar-refractivity contribution in [1.29, 1.82) is 0 Å². The van der Waals surface area contributed by atoms with Gasteiger partial charge in [-0.25, -0.2) is 0 Å². The number of nitrogen functional groups attached to an aromatic ring is 1. The van der Waals surface area contributed by atoms with Crippen molar-refractivity contribution in [3.05, 3.63) is 24.3 Å². The smallest absolute Gasteiger partial charge is 0.398 e. The molecule has 0 fully saturated rings. The molecule has 0 aliphatic heterocycles. The highest BCUT2D eigenvalue weighted by Gasteiger charge is 2.37. The van der Waals surface area contributed by atoms with Gasteiger partial charge in [0.1, 0.15) is 0 Å². The summed E-state index contributed by atoms with van der Waals surface area (Å²) in [6, 6.07) is 6.59. The van der Waals surface area contributed by atoms with Gasteiger partial charge in [0.25, 0.3) is 0 Å². The predicted octanol–water partition coefficient (Wildman–Crippen LogP) is 2.28. The van der Waals surface area contributed by atoms with Gasteiger partial charge in [-0.2, -0.15) is 13.2 Å². The third-order valence-electron chi connectivity index (χ3n) is 1.69. The first-order valence-electron chi connectivity index (χ1n) is 4.13. The quantitative estimate of drug-likeness (QED) is 0.626. The Balaban J connectivity index is 2.55. The van der Waals surface area contributed by atoms with Crippen LogP contribution >= 0.6 is 11.8 Å². The molecule has 0 spiro atoms. The molecule has 0 heterocycles. The fraction of sp³-hybridized carbons (Fsp3) is 0.333. The van der Waals surface area contributed by atoms with E-state index in [0.29, 0.717) is 10.6 Å². The van der Waals surface area contributed by atoms with Crippen LogP contribution in [0.5, 0.6) is 0 Å². The molecule has 0 aromatic heterocycles. The van der Waals surface area contributed by atoms with Gasteiger partial charge in [-0.15, -0.1) is 11.8 Å². The zero-order valence-electron chi connectivity index (χ0n) is 7.66. The summed E-state index contributed by atoms with van der Waals surface area (Å²) in [4.78, 5) is 0.542. The molecule has 1 aromatic rings. The van der Waals surface area contributed by atoms with Crippen LogP contribution in [0.2, 0.25) is 0 Å². The topological polar surface area (TPSA) is 46.2 Å². The van der Waals surface area contributed by atoms with Gasteiger partial charge in [-0.3, -0.25) is 0 Å². The first kappa shape index (κ1) is 12.2. The minimum Gasteiger partial charge on any atom is -0.398 e. The summed E-state index contributed by atoms with van der Waals surface area (Å²) in [7, 11) is 0. The van der Waals surface area contributed by atoms with E-state index in [-0.39, 0.29) is 0 Å². The summed E-state index contributed by atoms with van der Waals surface area (Å²) in [5.41, 5.74) is 5.95. The van der Waals surface area contributed by atoms with Crippen molar-refractivity contribution >= 4 is 17.4 Å². The molecule has 1 rings (SSSR count). The van der Waals surface area contributed by atoms with E-state index >= 15 is 0 Å². The maximum atomic E-state index is 12.0. The second-order valence-electron chi connectivity index (χ2n) is 2.91. The lowest BCUT2D eigenvalue weighted by atomic mass is 10.3. The summed E-state index contributed by atoms with van der Waals surface area (Å²) in [6.07, 6.45) is -6.89. The van der Waals surface area contributed by atoms with Crippen LogP contribution in [0.15, 0.2) is 29.2 Å². The number of hydrogen-bond acceptors (Lipinski definition) is 3. The van der Waals surface area contributed by atoms with Crippen molar-refractivity contribution in [3.8, 4) is 0 Å². The highest BCUT2D eigenvalue weighted by atomic mass is 32.2. The van der Waals surface area contributed by atoms with Gasteiger partial charge >= 0.3 is 6.18 Å². The van der Waals surface area contributed by atoms with E-state index in [1.165, 1.54) is 0 Å². The first-order chi connectivity index (χ1) is 6.91. The van der Waals surface area contributed by atoms with Crippen molar-refractivity contribution in [1.82, 2.24) is 0 Å². The highest BCUT2D eigenvalue weighted by Crippen LogP contribution is 2.29. The van der Waals surface area contributed by atoms with Gasteiger partial charge in [0.05, 0.1) is 0 Å². The monoisotopic (exact) mass is 237 g/mol. The molecule has 2 nitrogen and oxygen atoms in total. The molecule has 6 heteroatoms. The molecular weight excluding hydrogens is 227 g/mol. The van der Waals surface area contributed by atoms with Crippen LogP contribution in [0.1, 0.15) is 0 Å². The van der Waals surface area contributed by atoms with E-state index in [4.69, 9.17) is 10.8 Å². The molecule has 0 aliphatic carbocycles. The minimum absolute atomic E-state index is 0.414. The Morgan fingerprint density at radius 2 is 1.93 bits per heavy atom. The standard InChI is InChI=1S/C9H10F3NOS/c10-9(11,12)8(14)5-15-7-4-2-1-3-6(7)13/h1-4,8,14H,5,13H2. The SMILES string of the molecule is Nc1ccccc1SCC(O)C(F)(F)F. The van der Waals surface area contributed by atoms with Crippen LogP contribution < -0.4 is 5.73 Å². The van der Waals surface area contributed by atoms with Crippen molar-refractivity contribution in [2.24, 2.45) is 0 Å². The van der Waals surface area contributed by atoms with Crippen molar-refractivity contribution < 1.29 is 18.3 Å². The Bertz CT molecular complexity index is 329. The first-order valence-corrected chi connectivity index (χ1v) is 5.12. The van der Waals surface area contributed by atoms with Gasteiger partial charge in [0, 0.05) is 16.3 Å². The number of aliphatic hydroxyl groups excluding tert-OH is 1. The zero-order valence-corrected chi connectivity index (χ0v) is 8.48. The van der Waals surface area contributed by atoms with Crippen LogP contribution in [0.4, 0.5) is 18.9 Å². The molecule has 3 N–H and O–H groups in total. The number of halogens is 3. The van der Waals surface area contributed by atoms with E-state index in [0.717, 1.165) is 11.8 Å². The van der Waals surface area contributed by atoms with Crippen molar-refractivity contribution in [2.75, 3.05) is 11.5 Å². The summed E-state index contributed by atoms with van der Waals surface area (Å²) in [6.45, 7) is 0. The predicted molar refractivity (Wildman–Crippen MR) is 53.6 cm³/mol. The van der Waals surface area contributed by atoms with Crippen LogP contribution in [0.3, 0.4) is 0 Å². The summed E-state index contributed by atoms with van der Waals surface area (Å²) in [5.74, 6) is -0.447. The van der Waals surface area contributed by atoms with E-state index in [2.05, 4.69) is 0 Å². The third-order valence-corrected chi connectivity index (χ3v) is 2.86. The number of para-hydroxylation sites is 1. The number of aliphatic hydroxyl groups is 1. The van der Waals surface area contributed by atoms with Crippen LogP contribution in [0, 0.1) is 0 Å². The Morgan fingerprint density at radius 3 is 2.47 bits per heavy atom. The highest BCUT2D eigenvalue weighted by molar-refractivity contribution is 7.99. The molecule has 0 bridgehead atoms. The molecule has 0 aliphatic rings. The Labute approximate surface area is 89.3 Å². The summed E-state index contributed by atoms with van der Waals surface area (Å²) < 4.78 is 35.9. The van der Waals surface area contributed by atoms with E-state index in [1.54, 1.807) is 24.3 Å². The molecular formula is C9H10F3NOS. The lowest BCUT2D eigenvalue weighted by Gasteiger charge is -2.14. The number of nitrogens with two attached hydrogens (primary N) is 1. The molecule has 84 valence electrons. The third kappa shape index (κ3) is 3.64. The number of benzene rings is 1. The van der Waals surface area contributed by atoms with Gasteiger partial charge in [-0.05, 0) is 12.1 Å². The van der Waals surface area contributed by atoms with Crippen molar-refractivity contribution in [3.63, 3.8) is 0 Å². The lowest BCUT2D eigenvalue weighted by molar-refractivity contribution is -0.195. The maximum Gasteiger partial charge on any atom is 0.415 e. The molecule has 1 aromatic carbocycles. The normalized spacial score (nSPS) is 13.9. The number of hydrogen-bond donors (Lipinski definition) is 2. The fourth-order valence-electron chi connectivity index (χ4n) is 0.875. The molecule has 0 amide bonds. The largest absolute Gasteiger partial charge is 0.415 e. The summed E-state index contributed by atoms with van der Waals surface area (Å²) >= 11 is 0.887. The Kier molecular flexibility index (Phi) is 3.87. The van der Waals surface area contributed by atoms with E-state index in [9.17, 15) is 13.2 Å². The van der Waals surface area contributed by atoms with E-state index < -0.39 is 18.0 Å². The van der Waals surface area contributed by atoms with E-state index in [1.807, 2.05) is 0 Å². The molecule has 1 unspecified atom stereocenters. The van der Waals surface area contributed by atoms with Crippen LogP contribution in [-0.2, 0) is 0 Å². The Hall–Kier alpha value is -0.880. The average molecular weight is 237 g/mol. The molecule has 0 saturated heterocycles. The second kappa shape index (κ2) is 4.76. The van der Waals surface area contributed by atoms with Crippen molar-refractivity contribution in [2.45, 2.75) is 17.2 Å². The van der Waals surface area contributed by atoms with Crippen LogP contribution in [-0.4, -0.2) is 23.1 Å². The van der Waals surface area contributed by atoms with Gasteiger partial charge in [-0.1, -0.05) is 12.1 Å². The summed E-state index contributed by atoms with van der Waals surface area (Å²) in [5, 5.41) is 8.75. The molecule has 0 saturated carbocycles. The lowest BCUT2D eigenvalue weighted by Crippen LogP contribution is -2.30. The fourth-order valence-corrected chi connectivity index (χ4v) is 1.81. The number of thioether (sulfide) groups is 1. The molecule has 1 atom stereocenters. The number of anilines is 1. The molecule has 0 radical (unpaired) electrons. The number of rotatable bonds is 3. The number of alkyl halides is 3. The second-order valence-corrected chi connectivity index (χ2v) is 3.97. The minimum atomic E-state index is -4.57. The van der Waals surface area contributed by atoms with Gasteiger partial charge in [0.15, 0.2) is 6.10 Å². The van der Waals surface area contributed by atoms with Gasteiger partial charge in [0.2, 0.25) is 0 Å². The Morgan fingerprint density at radius 1 is 1.33 bits per heavy atom. The average Bonchev–Trinajstić information content (AvgIpc) is 2.14. The van der Waals surface area contributed by atoms with Crippen LogP contribution in [0.25, 0.3) is 0 Å². The zero-order chi connectivity index (χ0) is 11.5. The van der Waals surface area contributed by atoms with Gasteiger partial charge < -0.3 is 10.8 Å².